The van der Waals surface area contributed by atoms with Gasteiger partial charge in [-0.2, -0.15) is 0 Å². The van der Waals surface area contributed by atoms with Crippen LogP contribution in [0.3, 0.4) is 0 Å². The van der Waals surface area contributed by atoms with E-state index in [1.54, 1.807) is 19.1 Å². The molecule has 6 heteroatoms. The monoisotopic (exact) mass is 260 g/mol. The van der Waals surface area contributed by atoms with Crippen molar-refractivity contribution in [3.8, 4) is 11.8 Å². The maximum Gasteiger partial charge on any atom is 0.274 e. The van der Waals surface area contributed by atoms with Gasteiger partial charge in [0.1, 0.15) is 5.69 Å². The van der Waals surface area contributed by atoms with Crippen molar-refractivity contribution in [2.24, 2.45) is 11.5 Å². The lowest BCUT2D eigenvalue weighted by Gasteiger charge is -2.18. The Balaban J connectivity index is 3.07. The van der Waals surface area contributed by atoms with Crippen molar-refractivity contribution in [2.45, 2.75) is 6.92 Å². The highest BCUT2D eigenvalue weighted by Crippen LogP contribution is 2.07. The Morgan fingerprint density at radius 2 is 2.21 bits per heavy atom. The van der Waals surface area contributed by atoms with Crippen molar-refractivity contribution >= 4 is 11.8 Å². The predicted molar refractivity (Wildman–Crippen MR) is 70.9 cm³/mol. The summed E-state index contributed by atoms with van der Waals surface area (Å²) in [6, 6.07) is 3.36. The summed E-state index contributed by atoms with van der Waals surface area (Å²) < 4.78 is 0. The number of carbonyl (C=O) groups is 2. The third-order valence-electron chi connectivity index (χ3n) is 2.35. The minimum atomic E-state index is -0.569. The number of amides is 2. The van der Waals surface area contributed by atoms with Gasteiger partial charge < -0.3 is 16.4 Å². The Morgan fingerprint density at radius 1 is 1.47 bits per heavy atom. The summed E-state index contributed by atoms with van der Waals surface area (Å²) in [5, 5.41) is 0. The fraction of sp³-hybridized carbons (Fsp3) is 0.308. The van der Waals surface area contributed by atoms with Gasteiger partial charge in [0.05, 0.1) is 18.7 Å². The van der Waals surface area contributed by atoms with Gasteiger partial charge in [-0.25, -0.2) is 4.98 Å². The van der Waals surface area contributed by atoms with E-state index in [-0.39, 0.29) is 24.7 Å². The average molecular weight is 260 g/mol. The van der Waals surface area contributed by atoms with Crippen LogP contribution >= 0.6 is 0 Å². The van der Waals surface area contributed by atoms with E-state index in [4.69, 9.17) is 11.5 Å². The van der Waals surface area contributed by atoms with Crippen LogP contribution in [0.15, 0.2) is 18.3 Å². The molecule has 6 nitrogen and oxygen atoms in total. The standard InChI is InChI=1S/C13H16N4O2/c1-2-17(9-11(15)18)13(19)12-10(5-3-7-14)6-4-8-16-12/h4,6,8H,2,7,9,14H2,1H3,(H2,15,18). The normalized spacial score (nSPS) is 9.37. The number of likely N-dealkylation sites (N-methyl/N-ethyl adjacent to an activating group) is 1. The van der Waals surface area contributed by atoms with E-state index in [0.717, 1.165) is 0 Å². The van der Waals surface area contributed by atoms with E-state index in [9.17, 15) is 9.59 Å². The number of nitrogens with zero attached hydrogens (tertiary/aromatic N) is 2. The number of hydrogen-bond donors (Lipinski definition) is 2. The predicted octanol–water partition coefficient (Wildman–Crippen LogP) is -0.661. The first kappa shape index (κ1) is 14.7. The minimum Gasteiger partial charge on any atom is -0.368 e. The molecular formula is C13H16N4O2. The summed E-state index contributed by atoms with van der Waals surface area (Å²) in [6.45, 7) is 2.17. The zero-order valence-electron chi connectivity index (χ0n) is 10.7. The SMILES string of the molecule is CCN(CC(N)=O)C(=O)c1ncccc1C#CCN. The van der Waals surface area contributed by atoms with Gasteiger partial charge in [0, 0.05) is 12.7 Å². The van der Waals surface area contributed by atoms with Gasteiger partial charge in [0.25, 0.3) is 5.91 Å². The first-order valence-corrected chi connectivity index (χ1v) is 5.81. The maximum absolute atomic E-state index is 12.3. The molecule has 19 heavy (non-hydrogen) atoms. The highest BCUT2D eigenvalue weighted by atomic mass is 16.2. The molecule has 0 fully saturated rings. The molecule has 0 unspecified atom stereocenters. The summed E-state index contributed by atoms with van der Waals surface area (Å²) in [5.41, 5.74) is 11.1. The molecule has 0 aliphatic carbocycles. The van der Waals surface area contributed by atoms with E-state index in [0.29, 0.717) is 12.1 Å². The smallest absolute Gasteiger partial charge is 0.274 e. The number of aromatic nitrogens is 1. The fourth-order valence-electron chi connectivity index (χ4n) is 1.49. The topological polar surface area (TPSA) is 102 Å². The molecule has 0 aliphatic heterocycles. The van der Waals surface area contributed by atoms with Crippen LogP contribution in [0.2, 0.25) is 0 Å². The molecule has 2 amide bonds. The van der Waals surface area contributed by atoms with Crippen LogP contribution in [0.1, 0.15) is 23.0 Å². The lowest BCUT2D eigenvalue weighted by molar-refractivity contribution is -0.118. The molecule has 1 aromatic heterocycles. The molecule has 0 saturated heterocycles. The summed E-state index contributed by atoms with van der Waals surface area (Å²) in [6.07, 6.45) is 1.50. The molecular weight excluding hydrogens is 244 g/mol. The first-order valence-electron chi connectivity index (χ1n) is 5.81. The van der Waals surface area contributed by atoms with Gasteiger partial charge in [-0.3, -0.25) is 9.59 Å². The van der Waals surface area contributed by atoms with Gasteiger partial charge in [-0.1, -0.05) is 11.8 Å². The summed E-state index contributed by atoms with van der Waals surface area (Å²) in [4.78, 5) is 28.5. The average Bonchev–Trinajstić information content (AvgIpc) is 2.41. The van der Waals surface area contributed by atoms with Crippen LogP contribution in [0.5, 0.6) is 0 Å². The Labute approximate surface area is 111 Å². The largest absolute Gasteiger partial charge is 0.368 e. The van der Waals surface area contributed by atoms with E-state index in [1.165, 1.54) is 11.1 Å². The number of hydrogen-bond acceptors (Lipinski definition) is 4. The molecule has 1 aromatic rings. The lowest BCUT2D eigenvalue weighted by Crippen LogP contribution is -2.38. The Kier molecular flexibility index (Phi) is 5.51. The second-order valence-corrected chi connectivity index (χ2v) is 3.69. The molecule has 0 bridgehead atoms. The van der Waals surface area contributed by atoms with E-state index >= 15 is 0 Å². The second kappa shape index (κ2) is 7.13. The molecule has 0 spiro atoms. The van der Waals surface area contributed by atoms with Gasteiger partial charge >= 0.3 is 0 Å². The summed E-state index contributed by atoms with van der Waals surface area (Å²) in [5.74, 6) is 4.52. The van der Waals surface area contributed by atoms with E-state index < -0.39 is 5.91 Å². The molecule has 1 rings (SSSR count). The number of rotatable bonds is 4. The van der Waals surface area contributed by atoms with E-state index in [1.807, 2.05) is 0 Å². The number of nitrogens with two attached hydrogens (primary N) is 2. The number of pyridine rings is 1. The highest BCUT2D eigenvalue weighted by Gasteiger charge is 2.19. The lowest BCUT2D eigenvalue weighted by atomic mass is 10.1. The first-order chi connectivity index (χ1) is 9.10. The van der Waals surface area contributed by atoms with Crippen LogP contribution in [-0.4, -0.2) is 41.3 Å². The highest BCUT2D eigenvalue weighted by molar-refractivity contribution is 5.96. The van der Waals surface area contributed by atoms with Crippen molar-refractivity contribution in [3.63, 3.8) is 0 Å². The van der Waals surface area contributed by atoms with Gasteiger partial charge in [-0.15, -0.1) is 0 Å². The quantitative estimate of drug-likeness (QED) is 0.701. The Morgan fingerprint density at radius 3 is 2.79 bits per heavy atom. The number of carbonyl (C=O) groups excluding carboxylic acids is 2. The number of primary amides is 1. The maximum atomic E-state index is 12.3. The van der Waals surface area contributed by atoms with Crippen LogP contribution in [0.4, 0.5) is 0 Å². The molecule has 0 aromatic carbocycles. The molecule has 0 atom stereocenters. The van der Waals surface area contributed by atoms with Gasteiger partial charge in [0.2, 0.25) is 5.91 Å². The summed E-state index contributed by atoms with van der Waals surface area (Å²) >= 11 is 0. The molecule has 0 saturated carbocycles. The Bertz CT molecular complexity index is 531. The van der Waals surface area contributed by atoms with Crippen molar-refractivity contribution < 1.29 is 9.59 Å². The molecule has 0 aliphatic rings. The third-order valence-corrected chi connectivity index (χ3v) is 2.35. The molecule has 0 radical (unpaired) electrons. The van der Waals surface area contributed by atoms with Gasteiger partial charge in [0.15, 0.2) is 0 Å². The zero-order chi connectivity index (χ0) is 14.3. The van der Waals surface area contributed by atoms with Crippen LogP contribution in [0.25, 0.3) is 0 Å². The minimum absolute atomic E-state index is 0.143. The van der Waals surface area contributed by atoms with Crippen LogP contribution < -0.4 is 11.5 Å². The van der Waals surface area contributed by atoms with Crippen molar-refractivity contribution in [1.29, 1.82) is 0 Å². The van der Waals surface area contributed by atoms with Crippen molar-refractivity contribution in [3.05, 3.63) is 29.6 Å². The van der Waals surface area contributed by atoms with Crippen LogP contribution in [-0.2, 0) is 4.79 Å². The van der Waals surface area contributed by atoms with E-state index in [2.05, 4.69) is 16.8 Å². The van der Waals surface area contributed by atoms with Crippen LogP contribution in [0, 0.1) is 11.8 Å². The Hall–Kier alpha value is -2.39. The zero-order valence-corrected chi connectivity index (χ0v) is 10.7. The second-order valence-electron chi connectivity index (χ2n) is 3.69. The third kappa shape index (κ3) is 4.08. The molecule has 100 valence electrons. The molecule has 1 heterocycles. The van der Waals surface area contributed by atoms with Crippen molar-refractivity contribution in [2.75, 3.05) is 19.6 Å². The summed E-state index contributed by atoms with van der Waals surface area (Å²) in [7, 11) is 0. The fourth-order valence-corrected chi connectivity index (χ4v) is 1.49. The molecule has 4 N–H and O–H groups in total. The van der Waals surface area contributed by atoms with Crippen molar-refractivity contribution in [1.82, 2.24) is 9.88 Å². The van der Waals surface area contributed by atoms with Gasteiger partial charge in [-0.05, 0) is 19.1 Å².